The summed E-state index contributed by atoms with van der Waals surface area (Å²) in [4.78, 5) is 12.9. The molecule has 2 heterocycles. The zero-order chi connectivity index (χ0) is 22.0. The van der Waals surface area contributed by atoms with Crippen LogP contribution in [0.3, 0.4) is 0 Å². The summed E-state index contributed by atoms with van der Waals surface area (Å²) in [6.07, 6.45) is 0.623. The van der Waals surface area contributed by atoms with Gasteiger partial charge >= 0.3 is 0 Å². The molecular formula is C22H22N2O5S2. The fraction of sp³-hybridized carbons (Fsp3) is 0.227. The normalized spacial score (nSPS) is 14.0. The number of sulfonamides is 1. The standard InChI is InChI=1S/C22H22N2O5S2/c1-28-19-6-3-5-18(21(19)29-2)22(25)23-17-9-8-15-10-11-24(14-16(15)13-17)31(26,27)20-7-4-12-30-20/h3-9,12-13H,10-11,14H2,1-2H3,(H,23,25). The van der Waals surface area contributed by atoms with Crippen molar-refractivity contribution < 1.29 is 22.7 Å². The van der Waals surface area contributed by atoms with E-state index in [1.165, 1.54) is 29.9 Å². The number of carbonyl (C=O) groups is 1. The van der Waals surface area contributed by atoms with E-state index in [4.69, 9.17) is 9.47 Å². The maximum absolute atomic E-state index is 12.9. The topological polar surface area (TPSA) is 84.9 Å². The molecule has 0 bridgehead atoms. The van der Waals surface area contributed by atoms with Gasteiger partial charge in [0.1, 0.15) is 4.21 Å². The lowest BCUT2D eigenvalue weighted by molar-refractivity contribution is 0.102. The predicted molar refractivity (Wildman–Crippen MR) is 120 cm³/mol. The number of amides is 1. The SMILES string of the molecule is COc1cccc(C(=O)Nc2ccc3c(c2)CN(S(=O)(=O)c2cccs2)CC3)c1OC. The third-order valence-electron chi connectivity index (χ3n) is 5.18. The van der Waals surface area contributed by atoms with Crippen LogP contribution in [0.2, 0.25) is 0 Å². The van der Waals surface area contributed by atoms with E-state index in [1.54, 1.807) is 35.7 Å². The monoisotopic (exact) mass is 458 g/mol. The summed E-state index contributed by atoms with van der Waals surface area (Å²) in [5.41, 5.74) is 2.89. The molecule has 9 heteroatoms. The van der Waals surface area contributed by atoms with Gasteiger partial charge in [0.2, 0.25) is 0 Å². The third-order valence-corrected chi connectivity index (χ3v) is 8.40. The second-order valence-electron chi connectivity index (χ2n) is 7.00. The highest BCUT2D eigenvalue weighted by Gasteiger charge is 2.29. The molecule has 0 saturated heterocycles. The predicted octanol–water partition coefficient (Wildman–Crippen LogP) is 3.76. The molecule has 0 atom stereocenters. The molecule has 0 aliphatic carbocycles. The quantitative estimate of drug-likeness (QED) is 0.608. The number of anilines is 1. The maximum atomic E-state index is 12.9. The minimum absolute atomic E-state index is 0.266. The van der Waals surface area contributed by atoms with E-state index in [-0.39, 0.29) is 12.5 Å². The smallest absolute Gasteiger partial charge is 0.259 e. The number of fused-ring (bicyclic) bond motifs is 1. The van der Waals surface area contributed by atoms with Crippen molar-refractivity contribution in [3.8, 4) is 11.5 Å². The zero-order valence-electron chi connectivity index (χ0n) is 17.1. The Labute approximate surface area is 185 Å². The highest BCUT2D eigenvalue weighted by atomic mass is 32.2. The Balaban J connectivity index is 1.57. The Morgan fingerprint density at radius 2 is 1.90 bits per heavy atom. The number of carbonyl (C=O) groups excluding carboxylic acids is 1. The summed E-state index contributed by atoms with van der Waals surface area (Å²) in [7, 11) is -0.528. The second-order valence-corrected chi connectivity index (χ2v) is 10.1. The van der Waals surface area contributed by atoms with E-state index < -0.39 is 10.0 Å². The Morgan fingerprint density at radius 1 is 1.06 bits per heavy atom. The van der Waals surface area contributed by atoms with Gasteiger partial charge < -0.3 is 14.8 Å². The summed E-state index contributed by atoms with van der Waals surface area (Å²) in [5, 5.41) is 4.63. The Hall–Kier alpha value is -2.88. The molecule has 1 aromatic heterocycles. The van der Waals surface area contributed by atoms with Gasteiger partial charge in [-0.3, -0.25) is 4.79 Å². The molecular weight excluding hydrogens is 436 g/mol. The largest absolute Gasteiger partial charge is 0.493 e. The van der Waals surface area contributed by atoms with Crippen LogP contribution in [0.1, 0.15) is 21.5 Å². The second kappa shape index (κ2) is 8.70. The fourth-order valence-corrected chi connectivity index (χ4v) is 6.18. The number of hydrogen-bond donors (Lipinski definition) is 1. The molecule has 2 aromatic carbocycles. The van der Waals surface area contributed by atoms with Crippen molar-refractivity contribution in [2.45, 2.75) is 17.2 Å². The lowest BCUT2D eigenvalue weighted by atomic mass is 10.0. The molecule has 0 saturated carbocycles. The summed E-state index contributed by atoms with van der Waals surface area (Å²) in [6.45, 7) is 0.696. The third kappa shape index (κ3) is 4.16. The van der Waals surface area contributed by atoms with E-state index in [1.807, 2.05) is 18.2 Å². The number of thiophene rings is 1. The molecule has 1 aliphatic heterocycles. The lowest BCUT2D eigenvalue weighted by Crippen LogP contribution is -2.35. The maximum Gasteiger partial charge on any atom is 0.259 e. The zero-order valence-corrected chi connectivity index (χ0v) is 18.8. The van der Waals surface area contributed by atoms with Gasteiger partial charge in [0.05, 0.1) is 19.8 Å². The van der Waals surface area contributed by atoms with E-state index in [0.29, 0.717) is 39.9 Å². The molecule has 1 aliphatic rings. The molecule has 162 valence electrons. The van der Waals surface area contributed by atoms with Crippen molar-refractivity contribution in [3.05, 3.63) is 70.6 Å². The van der Waals surface area contributed by atoms with Gasteiger partial charge in [-0.25, -0.2) is 8.42 Å². The summed E-state index contributed by atoms with van der Waals surface area (Å²) < 4.78 is 38.2. The van der Waals surface area contributed by atoms with Gasteiger partial charge in [-0.1, -0.05) is 18.2 Å². The van der Waals surface area contributed by atoms with Crippen LogP contribution in [-0.4, -0.2) is 39.4 Å². The highest BCUT2D eigenvalue weighted by Crippen LogP contribution is 2.32. The van der Waals surface area contributed by atoms with Crippen molar-refractivity contribution in [1.29, 1.82) is 0 Å². The molecule has 1 N–H and O–H groups in total. The van der Waals surface area contributed by atoms with E-state index >= 15 is 0 Å². The van der Waals surface area contributed by atoms with Crippen molar-refractivity contribution in [3.63, 3.8) is 0 Å². The van der Waals surface area contributed by atoms with Gasteiger partial charge in [0.15, 0.2) is 11.5 Å². The minimum Gasteiger partial charge on any atom is -0.493 e. The first-order valence-electron chi connectivity index (χ1n) is 9.62. The van der Waals surface area contributed by atoms with Gasteiger partial charge in [-0.05, 0) is 53.3 Å². The number of rotatable bonds is 6. The molecule has 0 radical (unpaired) electrons. The Morgan fingerprint density at radius 3 is 2.61 bits per heavy atom. The van der Waals surface area contributed by atoms with Crippen LogP contribution in [0.4, 0.5) is 5.69 Å². The fourth-order valence-electron chi connectivity index (χ4n) is 3.62. The average molecular weight is 459 g/mol. The van der Waals surface area contributed by atoms with Crippen LogP contribution < -0.4 is 14.8 Å². The molecule has 0 unspecified atom stereocenters. The number of para-hydroxylation sites is 1. The molecule has 4 rings (SSSR count). The molecule has 7 nitrogen and oxygen atoms in total. The van der Waals surface area contributed by atoms with E-state index in [0.717, 1.165) is 11.1 Å². The van der Waals surface area contributed by atoms with Crippen molar-refractivity contribution in [1.82, 2.24) is 4.31 Å². The molecule has 0 fully saturated rings. The first-order chi connectivity index (χ1) is 14.9. The van der Waals surface area contributed by atoms with Gasteiger partial charge in [0.25, 0.3) is 15.9 Å². The van der Waals surface area contributed by atoms with Crippen LogP contribution in [0.5, 0.6) is 11.5 Å². The number of methoxy groups -OCH3 is 2. The first-order valence-corrected chi connectivity index (χ1v) is 11.9. The number of ether oxygens (including phenoxy) is 2. The van der Waals surface area contributed by atoms with Gasteiger partial charge in [0, 0.05) is 18.8 Å². The van der Waals surface area contributed by atoms with Crippen molar-refractivity contribution in [2.24, 2.45) is 0 Å². The van der Waals surface area contributed by atoms with Crippen LogP contribution in [0.15, 0.2) is 58.1 Å². The van der Waals surface area contributed by atoms with E-state index in [9.17, 15) is 13.2 Å². The number of nitrogens with one attached hydrogen (secondary N) is 1. The average Bonchev–Trinajstić information content (AvgIpc) is 3.33. The minimum atomic E-state index is -3.52. The highest BCUT2D eigenvalue weighted by molar-refractivity contribution is 7.91. The van der Waals surface area contributed by atoms with Crippen LogP contribution in [-0.2, 0) is 23.0 Å². The Kier molecular flexibility index (Phi) is 5.99. The van der Waals surface area contributed by atoms with Crippen LogP contribution in [0.25, 0.3) is 0 Å². The summed E-state index contributed by atoms with van der Waals surface area (Å²) in [5.74, 6) is 0.485. The van der Waals surface area contributed by atoms with E-state index in [2.05, 4.69) is 5.32 Å². The first kappa shape index (κ1) is 21.4. The van der Waals surface area contributed by atoms with Crippen molar-refractivity contribution >= 4 is 33.0 Å². The molecule has 31 heavy (non-hydrogen) atoms. The number of benzene rings is 2. The van der Waals surface area contributed by atoms with Crippen molar-refractivity contribution in [2.75, 3.05) is 26.1 Å². The van der Waals surface area contributed by atoms with Crippen LogP contribution >= 0.6 is 11.3 Å². The molecule has 1 amide bonds. The molecule has 0 spiro atoms. The van der Waals surface area contributed by atoms with Crippen LogP contribution in [0, 0.1) is 0 Å². The Bertz CT molecular complexity index is 1210. The summed E-state index contributed by atoms with van der Waals surface area (Å²) in [6, 6.07) is 14.0. The molecule has 3 aromatic rings. The number of hydrogen-bond acceptors (Lipinski definition) is 6. The lowest BCUT2D eigenvalue weighted by Gasteiger charge is -2.28. The summed E-state index contributed by atoms with van der Waals surface area (Å²) >= 11 is 1.21. The van der Waals surface area contributed by atoms with Gasteiger partial charge in [-0.15, -0.1) is 11.3 Å². The number of nitrogens with zero attached hydrogens (tertiary/aromatic N) is 1. The van der Waals surface area contributed by atoms with Gasteiger partial charge in [-0.2, -0.15) is 4.31 Å².